The molecule has 2 aromatic carbocycles. The molecular weight excluding hydrogens is 545 g/mol. The highest BCUT2D eigenvalue weighted by atomic mass is 35.5. The molecule has 0 aromatic heterocycles. The number of sulfonamides is 1. The van der Waals surface area contributed by atoms with E-state index in [2.05, 4.69) is 0 Å². The predicted octanol–water partition coefficient (Wildman–Crippen LogP) is 4.08. The lowest BCUT2D eigenvalue weighted by Gasteiger charge is -2.57. The number of aliphatic carboxylic acids is 1. The number of hydrogen-bond donors (Lipinski definition) is 1. The zero-order chi connectivity index (χ0) is 26.6. The van der Waals surface area contributed by atoms with Crippen LogP contribution in [0.2, 0.25) is 5.02 Å². The number of nitrogens with zero attached hydrogens (tertiary/aromatic N) is 1. The molecule has 35 heavy (non-hydrogen) atoms. The zero-order valence-corrected chi connectivity index (χ0v) is 20.1. The number of carboxylic acid groups (broad SMARTS) is 1. The Morgan fingerprint density at radius 2 is 1.60 bits per heavy atom. The molecule has 0 bridgehead atoms. The maximum atomic E-state index is 14.8. The van der Waals surface area contributed by atoms with Crippen molar-refractivity contribution in [2.75, 3.05) is 6.54 Å². The fraction of sp³-hybridized carbons (Fsp3) is 0.350. The molecule has 0 atom stereocenters. The first kappa shape index (κ1) is 27.3. The van der Waals surface area contributed by atoms with Crippen LogP contribution >= 0.6 is 11.6 Å². The quantitative estimate of drug-likeness (QED) is 0.510. The molecule has 1 aliphatic rings. The highest BCUT2D eigenvalue weighted by molar-refractivity contribution is 7.92. The Kier molecular flexibility index (Phi) is 6.77. The van der Waals surface area contributed by atoms with E-state index in [0.717, 1.165) is 19.1 Å². The second kappa shape index (κ2) is 8.68. The van der Waals surface area contributed by atoms with Crippen LogP contribution in [-0.4, -0.2) is 49.8 Å². The Morgan fingerprint density at radius 3 is 2.09 bits per heavy atom. The van der Waals surface area contributed by atoms with Gasteiger partial charge < -0.3 is 5.11 Å². The van der Waals surface area contributed by atoms with Gasteiger partial charge in [-0.1, -0.05) is 11.6 Å². The second-order valence-electron chi connectivity index (χ2n) is 8.28. The van der Waals surface area contributed by atoms with E-state index in [1.54, 1.807) is 0 Å². The van der Waals surface area contributed by atoms with Crippen molar-refractivity contribution in [3.05, 3.63) is 64.7 Å². The smallest absolute Gasteiger partial charge is 0.480 e. The minimum Gasteiger partial charge on any atom is -0.480 e. The molecule has 192 valence electrons. The molecule has 1 fully saturated rings. The van der Waals surface area contributed by atoms with Gasteiger partial charge in [-0.15, -0.1) is 0 Å². The minimum absolute atomic E-state index is 0.136. The van der Waals surface area contributed by atoms with Crippen LogP contribution in [0.25, 0.3) is 0 Å². The third-order valence-corrected chi connectivity index (χ3v) is 10.3. The molecule has 15 heteroatoms. The summed E-state index contributed by atoms with van der Waals surface area (Å²) in [6.45, 7) is -0.729. The maximum Gasteiger partial charge on any atom is 0.511 e. The van der Waals surface area contributed by atoms with Crippen molar-refractivity contribution >= 4 is 37.4 Å². The SMILES string of the molecule is CC1(N(CC(=O)O)S(=O)(=O)C(F)(F)F)CC(c2cc(F)ccc2F)(S(=O)(=O)c2ccc(Cl)cc2)C1. The monoisotopic (exact) mass is 561 g/mol. The van der Waals surface area contributed by atoms with Crippen LogP contribution in [0.15, 0.2) is 47.4 Å². The number of rotatable bonds is 7. The van der Waals surface area contributed by atoms with Crippen LogP contribution in [0.1, 0.15) is 25.3 Å². The molecule has 0 heterocycles. The van der Waals surface area contributed by atoms with Crippen molar-refractivity contribution in [1.82, 2.24) is 4.31 Å². The summed E-state index contributed by atoms with van der Waals surface area (Å²) < 4.78 is 118. The van der Waals surface area contributed by atoms with E-state index >= 15 is 0 Å². The van der Waals surface area contributed by atoms with Crippen LogP contribution in [0.3, 0.4) is 0 Å². The Labute approximate surface area is 202 Å². The summed E-state index contributed by atoms with van der Waals surface area (Å²) >= 11 is 5.78. The largest absolute Gasteiger partial charge is 0.511 e. The van der Waals surface area contributed by atoms with Crippen LogP contribution in [-0.2, 0) is 29.4 Å². The first-order chi connectivity index (χ1) is 15.9. The van der Waals surface area contributed by atoms with Gasteiger partial charge in [0.2, 0.25) is 0 Å². The van der Waals surface area contributed by atoms with Crippen LogP contribution < -0.4 is 0 Å². The normalized spacial score (nSPS) is 23.2. The van der Waals surface area contributed by atoms with Crippen LogP contribution in [0.5, 0.6) is 0 Å². The summed E-state index contributed by atoms with van der Waals surface area (Å²) in [6.07, 6.45) is -1.98. The summed E-state index contributed by atoms with van der Waals surface area (Å²) in [5.41, 5.74) is -8.86. The molecule has 0 amide bonds. The molecule has 2 aromatic rings. The lowest BCUT2D eigenvalue weighted by molar-refractivity contribution is -0.139. The third kappa shape index (κ3) is 4.52. The number of carbonyl (C=O) groups is 1. The van der Waals surface area contributed by atoms with Gasteiger partial charge in [-0.2, -0.15) is 17.5 Å². The lowest BCUT2D eigenvalue weighted by atomic mass is 9.65. The topological polar surface area (TPSA) is 109 Å². The molecule has 0 unspecified atom stereocenters. The average Bonchev–Trinajstić information content (AvgIpc) is 2.70. The fourth-order valence-electron chi connectivity index (χ4n) is 4.38. The molecule has 0 spiro atoms. The first-order valence-electron chi connectivity index (χ1n) is 9.64. The van der Waals surface area contributed by atoms with Crippen molar-refractivity contribution in [2.45, 2.75) is 40.5 Å². The van der Waals surface area contributed by atoms with Crippen molar-refractivity contribution < 1.29 is 48.7 Å². The van der Waals surface area contributed by atoms with E-state index in [1.165, 1.54) is 12.1 Å². The van der Waals surface area contributed by atoms with Gasteiger partial charge in [0.15, 0.2) is 9.84 Å². The van der Waals surface area contributed by atoms with Gasteiger partial charge >= 0.3 is 21.5 Å². The van der Waals surface area contributed by atoms with E-state index < -0.39 is 83.1 Å². The predicted molar refractivity (Wildman–Crippen MR) is 114 cm³/mol. The van der Waals surface area contributed by atoms with Crippen LogP contribution in [0, 0.1) is 11.6 Å². The third-order valence-electron chi connectivity index (χ3n) is 5.85. The highest BCUT2D eigenvalue weighted by Crippen LogP contribution is 2.59. The van der Waals surface area contributed by atoms with E-state index in [9.17, 15) is 43.6 Å². The molecule has 0 radical (unpaired) electrons. The fourth-order valence-corrected chi connectivity index (χ4v) is 8.14. The molecule has 1 N–H and O–H groups in total. The highest BCUT2D eigenvalue weighted by Gasteiger charge is 2.68. The van der Waals surface area contributed by atoms with Gasteiger partial charge in [0.1, 0.15) is 22.9 Å². The standard InChI is InChI=1S/C20H17ClF5NO6S2/c1-18(27(9-17(28)29)35(32,33)20(24,25)26)10-19(11-18,15-8-13(22)4-7-16(15)23)34(30,31)14-5-2-12(21)3-6-14/h2-8H,9-11H2,1H3,(H,28,29). The van der Waals surface area contributed by atoms with Crippen LogP contribution in [0.4, 0.5) is 22.0 Å². The number of alkyl halides is 3. The van der Waals surface area contributed by atoms with Crippen molar-refractivity contribution in [1.29, 1.82) is 0 Å². The number of carboxylic acids is 1. The van der Waals surface area contributed by atoms with Gasteiger partial charge in [-0.25, -0.2) is 25.6 Å². The number of halogens is 6. The number of hydrogen-bond acceptors (Lipinski definition) is 5. The molecule has 1 aliphatic carbocycles. The lowest BCUT2D eigenvalue weighted by Crippen LogP contribution is -2.68. The average molecular weight is 562 g/mol. The summed E-state index contributed by atoms with van der Waals surface area (Å²) in [7, 11) is -10.9. The zero-order valence-electron chi connectivity index (χ0n) is 17.7. The van der Waals surface area contributed by atoms with Crippen molar-refractivity contribution in [3.63, 3.8) is 0 Å². The second-order valence-corrected chi connectivity index (χ2v) is 12.8. The van der Waals surface area contributed by atoms with Gasteiger partial charge in [0, 0.05) is 16.1 Å². The summed E-state index contributed by atoms with van der Waals surface area (Å²) in [5.74, 6) is -4.19. The van der Waals surface area contributed by atoms with E-state index in [-0.39, 0.29) is 9.33 Å². The molecule has 1 saturated carbocycles. The van der Waals surface area contributed by atoms with Gasteiger partial charge in [-0.05, 0) is 62.2 Å². The molecule has 3 rings (SSSR count). The van der Waals surface area contributed by atoms with Gasteiger partial charge in [-0.3, -0.25) is 4.79 Å². The minimum atomic E-state index is -6.25. The van der Waals surface area contributed by atoms with Crippen molar-refractivity contribution in [3.8, 4) is 0 Å². The summed E-state index contributed by atoms with van der Waals surface area (Å²) in [6, 6.07) is 6.36. The molecular formula is C20H17ClF5NO6S2. The number of benzene rings is 2. The maximum absolute atomic E-state index is 14.8. The van der Waals surface area contributed by atoms with E-state index in [4.69, 9.17) is 16.7 Å². The van der Waals surface area contributed by atoms with Crippen molar-refractivity contribution in [2.24, 2.45) is 0 Å². The van der Waals surface area contributed by atoms with Gasteiger partial charge in [0.25, 0.3) is 0 Å². The Balaban J connectivity index is 2.23. The van der Waals surface area contributed by atoms with E-state index in [0.29, 0.717) is 18.2 Å². The Hall–Kier alpha value is -2.29. The molecule has 0 aliphatic heterocycles. The number of sulfone groups is 1. The summed E-state index contributed by atoms with van der Waals surface area (Å²) in [4.78, 5) is 10.8. The summed E-state index contributed by atoms with van der Waals surface area (Å²) in [5, 5.41) is 9.21. The molecule has 0 saturated heterocycles. The van der Waals surface area contributed by atoms with E-state index in [1.807, 2.05) is 0 Å². The Bertz CT molecular complexity index is 1370. The van der Waals surface area contributed by atoms with Gasteiger partial charge in [0.05, 0.1) is 4.90 Å². The Morgan fingerprint density at radius 1 is 1.06 bits per heavy atom. The first-order valence-corrected chi connectivity index (χ1v) is 12.9. The molecule has 7 nitrogen and oxygen atoms in total.